The minimum absolute atomic E-state index is 0.00644. The van der Waals surface area contributed by atoms with Gasteiger partial charge >= 0.3 is 0 Å². The first-order valence-electron chi connectivity index (χ1n) is 7.70. The smallest absolute Gasteiger partial charge is 0.166 e. The first kappa shape index (κ1) is 17.0. The summed E-state index contributed by atoms with van der Waals surface area (Å²) in [6.45, 7) is 4.96. The molecular weight excluding hydrogens is 296 g/mol. The Labute approximate surface area is 136 Å². The van der Waals surface area contributed by atoms with E-state index in [2.05, 4.69) is 6.92 Å². The lowest BCUT2D eigenvalue weighted by Crippen LogP contribution is -2.30. The highest BCUT2D eigenvalue weighted by atomic mass is 32.2. The molecule has 3 nitrogen and oxygen atoms in total. The van der Waals surface area contributed by atoms with Gasteiger partial charge in [0.25, 0.3) is 0 Å². The average molecular weight is 318 g/mol. The van der Waals surface area contributed by atoms with Crippen molar-refractivity contribution in [2.24, 2.45) is 5.92 Å². The van der Waals surface area contributed by atoms with Gasteiger partial charge in [-0.05, 0) is 25.5 Å². The fourth-order valence-corrected chi connectivity index (χ4v) is 3.49. The van der Waals surface area contributed by atoms with Crippen LogP contribution in [0.1, 0.15) is 33.1 Å². The summed E-state index contributed by atoms with van der Waals surface area (Å²) >= 11 is 1.51. The Morgan fingerprint density at radius 3 is 2.64 bits per heavy atom. The molecule has 0 aromatic heterocycles. The lowest BCUT2D eigenvalue weighted by molar-refractivity contribution is -0.129. The van der Waals surface area contributed by atoms with E-state index < -0.39 is 0 Å². The van der Waals surface area contributed by atoms with Crippen molar-refractivity contribution >= 4 is 23.3 Å². The minimum atomic E-state index is -0.306. The SMILES string of the molecule is CCCCOCC1C(=O)CC(=O)C(C)=C1Sc1ccccc1. The van der Waals surface area contributed by atoms with Gasteiger partial charge in [-0.15, -0.1) is 0 Å². The second-order valence-corrected chi connectivity index (χ2v) is 6.57. The second-order valence-electron chi connectivity index (χ2n) is 5.45. The molecule has 2 rings (SSSR count). The summed E-state index contributed by atoms with van der Waals surface area (Å²) in [4.78, 5) is 26.2. The highest BCUT2D eigenvalue weighted by Gasteiger charge is 2.33. The van der Waals surface area contributed by atoms with Crippen molar-refractivity contribution in [3.63, 3.8) is 0 Å². The van der Waals surface area contributed by atoms with Crippen molar-refractivity contribution in [1.82, 2.24) is 0 Å². The van der Waals surface area contributed by atoms with E-state index in [4.69, 9.17) is 4.74 Å². The van der Waals surface area contributed by atoms with Gasteiger partial charge in [-0.3, -0.25) is 9.59 Å². The molecule has 4 heteroatoms. The average Bonchev–Trinajstić information content (AvgIpc) is 2.52. The van der Waals surface area contributed by atoms with Crippen LogP contribution < -0.4 is 0 Å². The molecule has 0 amide bonds. The number of ketones is 2. The first-order valence-corrected chi connectivity index (χ1v) is 8.52. The Morgan fingerprint density at radius 1 is 1.23 bits per heavy atom. The number of carbonyl (C=O) groups is 2. The maximum absolute atomic E-state index is 12.3. The number of thioether (sulfide) groups is 1. The predicted octanol–water partition coefficient (Wildman–Crippen LogP) is 4.03. The highest BCUT2D eigenvalue weighted by molar-refractivity contribution is 8.03. The summed E-state index contributed by atoms with van der Waals surface area (Å²) < 4.78 is 5.66. The number of rotatable bonds is 7. The lowest BCUT2D eigenvalue weighted by atomic mass is 9.89. The van der Waals surface area contributed by atoms with Crippen LogP contribution in [0.5, 0.6) is 0 Å². The molecule has 0 heterocycles. The molecule has 0 aliphatic heterocycles. The van der Waals surface area contributed by atoms with Crippen LogP contribution >= 0.6 is 11.8 Å². The van der Waals surface area contributed by atoms with E-state index in [1.165, 1.54) is 11.8 Å². The molecule has 22 heavy (non-hydrogen) atoms. The summed E-state index contributed by atoms with van der Waals surface area (Å²) in [6, 6.07) is 9.84. The zero-order chi connectivity index (χ0) is 15.9. The van der Waals surface area contributed by atoms with Gasteiger partial charge in [0.05, 0.1) is 18.9 Å². The molecule has 118 valence electrons. The van der Waals surface area contributed by atoms with E-state index in [0.29, 0.717) is 18.8 Å². The standard InChI is InChI=1S/C18H22O3S/c1-3-4-10-21-12-15-17(20)11-16(19)13(2)18(15)22-14-8-6-5-7-9-14/h5-9,15H,3-4,10-12H2,1-2H3. The lowest BCUT2D eigenvalue weighted by Gasteiger charge is -2.25. The molecule has 1 aromatic carbocycles. The molecule has 0 fully saturated rings. The number of hydrogen-bond donors (Lipinski definition) is 0. The number of Topliss-reactive ketones (excluding diaryl/α,β-unsaturated/α-hetero) is 2. The quantitative estimate of drug-likeness (QED) is 0.562. The van der Waals surface area contributed by atoms with Crippen LogP contribution in [0.3, 0.4) is 0 Å². The molecule has 0 N–H and O–H groups in total. The van der Waals surface area contributed by atoms with Gasteiger partial charge in [0.15, 0.2) is 11.6 Å². The van der Waals surface area contributed by atoms with E-state index in [-0.39, 0.29) is 23.9 Å². The van der Waals surface area contributed by atoms with Crippen LogP contribution in [-0.4, -0.2) is 24.8 Å². The molecule has 0 radical (unpaired) electrons. The molecule has 0 saturated heterocycles. The van der Waals surface area contributed by atoms with Gasteiger partial charge in [0.1, 0.15) is 0 Å². The molecule has 1 aromatic rings. The van der Waals surface area contributed by atoms with Crippen molar-refractivity contribution in [1.29, 1.82) is 0 Å². The van der Waals surface area contributed by atoms with Crippen LogP contribution in [0, 0.1) is 5.92 Å². The molecule has 1 aliphatic carbocycles. The first-order chi connectivity index (χ1) is 10.6. The fourth-order valence-electron chi connectivity index (χ4n) is 2.34. The van der Waals surface area contributed by atoms with Crippen molar-refractivity contribution in [3.05, 3.63) is 40.8 Å². The Hall–Kier alpha value is -1.39. The van der Waals surface area contributed by atoms with Crippen LogP contribution in [0.2, 0.25) is 0 Å². The van der Waals surface area contributed by atoms with Crippen molar-refractivity contribution in [2.45, 2.75) is 38.0 Å². The maximum atomic E-state index is 12.3. The van der Waals surface area contributed by atoms with Crippen LogP contribution in [0.4, 0.5) is 0 Å². The Morgan fingerprint density at radius 2 is 1.95 bits per heavy atom. The second kappa shape index (κ2) is 8.30. The number of allylic oxidation sites excluding steroid dienone is 1. The fraction of sp³-hybridized carbons (Fsp3) is 0.444. The minimum Gasteiger partial charge on any atom is -0.380 e. The number of unbranched alkanes of at least 4 members (excludes halogenated alkanes) is 1. The molecule has 0 saturated carbocycles. The molecule has 0 spiro atoms. The van der Waals surface area contributed by atoms with Gasteiger partial charge in [-0.25, -0.2) is 0 Å². The van der Waals surface area contributed by atoms with E-state index in [1.807, 2.05) is 37.3 Å². The summed E-state index contributed by atoms with van der Waals surface area (Å²) in [5.41, 5.74) is 0.706. The molecule has 0 bridgehead atoms. The highest BCUT2D eigenvalue weighted by Crippen LogP contribution is 2.38. The van der Waals surface area contributed by atoms with E-state index in [1.54, 1.807) is 0 Å². The summed E-state index contributed by atoms with van der Waals surface area (Å²) in [5, 5.41) is 0. The molecule has 1 atom stereocenters. The van der Waals surface area contributed by atoms with Gasteiger partial charge in [-0.1, -0.05) is 43.3 Å². The van der Waals surface area contributed by atoms with Gasteiger partial charge in [0.2, 0.25) is 0 Å². The molecule has 1 aliphatic rings. The van der Waals surface area contributed by atoms with E-state index in [9.17, 15) is 9.59 Å². The maximum Gasteiger partial charge on any atom is 0.166 e. The van der Waals surface area contributed by atoms with Crippen molar-refractivity contribution in [3.8, 4) is 0 Å². The largest absolute Gasteiger partial charge is 0.380 e. The third-order valence-electron chi connectivity index (χ3n) is 3.73. The third-order valence-corrected chi connectivity index (χ3v) is 5.04. The number of carbonyl (C=O) groups excluding carboxylic acids is 2. The third kappa shape index (κ3) is 4.31. The zero-order valence-electron chi connectivity index (χ0n) is 13.1. The van der Waals surface area contributed by atoms with E-state index >= 15 is 0 Å². The monoisotopic (exact) mass is 318 g/mol. The van der Waals surface area contributed by atoms with Gasteiger partial charge in [0, 0.05) is 22.0 Å². The Kier molecular flexibility index (Phi) is 6.40. The molecular formula is C18H22O3S. The topological polar surface area (TPSA) is 43.4 Å². The predicted molar refractivity (Wildman–Crippen MR) is 88.8 cm³/mol. The van der Waals surface area contributed by atoms with Gasteiger partial charge in [-0.2, -0.15) is 0 Å². The Bertz CT molecular complexity index is 563. The van der Waals surface area contributed by atoms with Crippen molar-refractivity contribution < 1.29 is 14.3 Å². The van der Waals surface area contributed by atoms with Crippen LogP contribution in [-0.2, 0) is 14.3 Å². The molecule has 1 unspecified atom stereocenters. The summed E-state index contributed by atoms with van der Waals surface area (Å²) in [6.07, 6.45) is 2.06. The summed E-state index contributed by atoms with van der Waals surface area (Å²) in [7, 11) is 0. The normalized spacial score (nSPS) is 18.9. The van der Waals surface area contributed by atoms with Crippen molar-refractivity contribution in [2.75, 3.05) is 13.2 Å². The van der Waals surface area contributed by atoms with Crippen LogP contribution in [0.15, 0.2) is 45.7 Å². The van der Waals surface area contributed by atoms with Crippen LogP contribution in [0.25, 0.3) is 0 Å². The summed E-state index contributed by atoms with van der Waals surface area (Å²) in [5.74, 6) is -0.390. The number of ether oxygens (including phenoxy) is 1. The Balaban J connectivity index is 2.16. The number of hydrogen-bond acceptors (Lipinski definition) is 4. The van der Waals surface area contributed by atoms with Gasteiger partial charge < -0.3 is 4.74 Å². The zero-order valence-corrected chi connectivity index (χ0v) is 13.9. The number of benzene rings is 1. The van der Waals surface area contributed by atoms with E-state index in [0.717, 1.165) is 22.6 Å².